The van der Waals surface area contributed by atoms with E-state index in [0.717, 1.165) is 6.42 Å². The van der Waals surface area contributed by atoms with Gasteiger partial charge in [-0.3, -0.25) is 0 Å². The summed E-state index contributed by atoms with van der Waals surface area (Å²) in [6.45, 7) is 21.2. The number of unbranched alkanes of at least 4 members (excludes halogenated alkanes) is 1. The second kappa shape index (κ2) is 13.6. The summed E-state index contributed by atoms with van der Waals surface area (Å²) in [5, 5.41) is 13.0. The largest absolute Gasteiger partial charge is 0.407 e. The first-order chi connectivity index (χ1) is 17.4. The Morgan fingerprint density at radius 1 is 0.757 bits per heavy atom. The summed E-state index contributed by atoms with van der Waals surface area (Å²) in [4.78, 5) is 0. The van der Waals surface area contributed by atoms with E-state index in [1.54, 1.807) is 0 Å². The van der Waals surface area contributed by atoms with Gasteiger partial charge in [-0.15, -0.1) is 5.54 Å². The Hall–Kier alpha value is -2.09. The summed E-state index contributed by atoms with van der Waals surface area (Å²) in [7, 11) is -4.37. The van der Waals surface area contributed by atoms with Crippen molar-refractivity contribution >= 4 is 26.8 Å². The Morgan fingerprint density at radius 2 is 1.22 bits per heavy atom. The van der Waals surface area contributed by atoms with Crippen LogP contribution in [0.3, 0.4) is 0 Å². The zero-order valence-corrected chi connectivity index (χ0v) is 26.6. The first-order valence-electron chi connectivity index (χ1n) is 13.8. The normalized spacial score (nSPS) is 13.2. The molecule has 2 nitrogen and oxygen atoms in total. The molecule has 0 heterocycles. The van der Waals surface area contributed by atoms with Gasteiger partial charge >= 0.3 is 0 Å². The molecule has 2 aromatic rings. The summed E-state index contributed by atoms with van der Waals surface area (Å²) >= 11 is 0. The molecular formula is C33H48O2Si2. The predicted molar refractivity (Wildman–Crippen MR) is 165 cm³/mol. The lowest BCUT2D eigenvalue weighted by atomic mass is 10.2. The molecule has 0 spiro atoms. The van der Waals surface area contributed by atoms with Gasteiger partial charge in [-0.2, -0.15) is 0 Å². The maximum atomic E-state index is 10.5. The molecule has 0 radical (unpaired) electrons. The highest BCUT2D eigenvalue weighted by molar-refractivity contribution is 6.99. The number of hydrogen-bond donors (Lipinski definition) is 1. The van der Waals surface area contributed by atoms with Gasteiger partial charge in [0.05, 0.1) is 0 Å². The van der Waals surface area contributed by atoms with E-state index < -0.39 is 22.5 Å². The van der Waals surface area contributed by atoms with Crippen LogP contribution in [0, 0.1) is 23.3 Å². The molecule has 0 saturated heterocycles. The molecule has 2 rings (SSSR count). The predicted octanol–water partition coefficient (Wildman–Crippen LogP) is 6.93. The Kier molecular flexibility index (Phi) is 11.5. The van der Waals surface area contributed by atoms with Gasteiger partial charge < -0.3 is 9.53 Å². The van der Waals surface area contributed by atoms with E-state index in [0.29, 0.717) is 29.7 Å². The Morgan fingerprint density at radius 3 is 1.62 bits per heavy atom. The minimum Gasteiger partial charge on any atom is -0.407 e. The maximum Gasteiger partial charge on any atom is 0.261 e. The Labute approximate surface area is 229 Å². The van der Waals surface area contributed by atoms with Crippen molar-refractivity contribution in [3.8, 4) is 23.3 Å². The van der Waals surface area contributed by atoms with Gasteiger partial charge in [0.25, 0.3) is 8.32 Å². The van der Waals surface area contributed by atoms with E-state index in [4.69, 9.17) is 4.43 Å². The van der Waals surface area contributed by atoms with Gasteiger partial charge in [0.15, 0.2) is 6.10 Å². The SMILES string of the molecule is CC(C)[Si](C#CC(O)C#CCCCO[Si](c1ccccc1)(c1ccccc1)C(C)(C)C)(C(C)C)C(C)C. The average molecular weight is 533 g/mol. The number of aliphatic hydroxyl groups excluding tert-OH is 1. The molecule has 0 saturated carbocycles. The van der Waals surface area contributed by atoms with Crippen LogP contribution in [0.2, 0.25) is 21.7 Å². The van der Waals surface area contributed by atoms with Crippen molar-refractivity contribution in [3.63, 3.8) is 0 Å². The second-order valence-corrected chi connectivity index (χ2v) is 21.9. The molecule has 0 aliphatic rings. The van der Waals surface area contributed by atoms with Crippen molar-refractivity contribution in [1.29, 1.82) is 0 Å². The molecule has 200 valence electrons. The molecule has 2 aromatic carbocycles. The Balaban J connectivity index is 2.15. The van der Waals surface area contributed by atoms with Gasteiger partial charge in [-0.1, -0.05) is 141 Å². The molecule has 1 atom stereocenters. The molecule has 0 fully saturated rings. The van der Waals surface area contributed by atoms with Crippen molar-refractivity contribution in [2.75, 3.05) is 6.61 Å². The molecule has 1 unspecified atom stereocenters. The number of rotatable bonds is 9. The third-order valence-corrected chi connectivity index (χ3v) is 19.1. The first-order valence-corrected chi connectivity index (χ1v) is 18.0. The third-order valence-electron chi connectivity index (χ3n) is 7.71. The number of aliphatic hydroxyl groups is 1. The van der Waals surface area contributed by atoms with E-state index in [1.807, 2.05) is 0 Å². The molecule has 0 aromatic heterocycles. The lowest BCUT2D eigenvalue weighted by molar-refractivity contribution is 0.288. The minimum absolute atomic E-state index is 0.0349. The van der Waals surface area contributed by atoms with Crippen LogP contribution < -0.4 is 10.4 Å². The van der Waals surface area contributed by atoms with Crippen molar-refractivity contribution in [3.05, 3.63) is 60.7 Å². The zero-order chi connectivity index (χ0) is 27.7. The summed E-state index contributed by atoms with van der Waals surface area (Å²) in [6.07, 6.45) is 0.610. The third kappa shape index (κ3) is 7.27. The van der Waals surface area contributed by atoms with Gasteiger partial charge in [0.2, 0.25) is 0 Å². The first kappa shape index (κ1) is 31.1. The van der Waals surface area contributed by atoms with E-state index in [1.165, 1.54) is 10.4 Å². The molecule has 4 heteroatoms. The van der Waals surface area contributed by atoms with Gasteiger partial charge in [0, 0.05) is 13.0 Å². The second-order valence-electron chi connectivity index (χ2n) is 12.0. The summed E-state index contributed by atoms with van der Waals surface area (Å²) < 4.78 is 6.93. The fourth-order valence-corrected chi connectivity index (χ4v) is 15.8. The molecule has 1 N–H and O–H groups in total. The summed E-state index contributed by atoms with van der Waals surface area (Å²) in [5.74, 6) is 9.25. The van der Waals surface area contributed by atoms with Crippen molar-refractivity contribution < 1.29 is 9.53 Å². The lowest BCUT2D eigenvalue weighted by Crippen LogP contribution is -2.66. The highest BCUT2D eigenvalue weighted by Gasteiger charge is 2.50. The summed E-state index contributed by atoms with van der Waals surface area (Å²) in [5.41, 5.74) is 5.20. The standard InChI is InChI=1S/C33H48O2Si2/c1-27(2)36(28(3)4,29(5)6)26-24-30(34)19-13-12-18-25-35-37(33(7,8)9,31-20-14-10-15-21-31)32-22-16-11-17-23-32/h10-11,14-17,20-23,27-30,34H,12,18,25H2,1-9H3. The highest BCUT2D eigenvalue weighted by atomic mass is 28.4. The molecular weight excluding hydrogens is 485 g/mol. The number of hydrogen-bond acceptors (Lipinski definition) is 2. The molecule has 0 aliphatic heterocycles. The van der Waals surface area contributed by atoms with Crippen LogP contribution in [0.5, 0.6) is 0 Å². The fourth-order valence-electron chi connectivity index (χ4n) is 5.98. The van der Waals surface area contributed by atoms with Gasteiger partial charge in [0.1, 0.15) is 8.07 Å². The quantitative estimate of drug-likeness (QED) is 0.216. The van der Waals surface area contributed by atoms with Crippen LogP contribution in [-0.2, 0) is 4.43 Å². The van der Waals surface area contributed by atoms with Gasteiger partial charge in [-0.05, 0) is 38.5 Å². The molecule has 0 amide bonds. The van der Waals surface area contributed by atoms with Crippen LogP contribution >= 0.6 is 0 Å². The van der Waals surface area contributed by atoms with E-state index >= 15 is 0 Å². The minimum atomic E-state index is -2.51. The van der Waals surface area contributed by atoms with E-state index in [-0.39, 0.29) is 5.04 Å². The van der Waals surface area contributed by atoms with Crippen molar-refractivity contribution in [2.45, 2.75) is 103 Å². The van der Waals surface area contributed by atoms with Crippen LogP contribution in [0.25, 0.3) is 0 Å². The lowest BCUT2D eigenvalue weighted by Gasteiger charge is -2.43. The van der Waals surface area contributed by atoms with Gasteiger partial charge in [-0.25, -0.2) is 0 Å². The molecule has 37 heavy (non-hydrogen) atoms. The van der Waals surface area contributed by atoms with E-state index in [9.17, 15) is 5.11 Å². The smallest absolute Gasteiger partial charge is 0.261 e. The highest BCUT2D eigenvalue weighted by Crippen LogP contribution is 2.40. The van der Waals surface area contributed by atoms with Crippen molar-refractivity contribution in [1.82, 2.24) is 0 Å². The maximum absolute atomic E-state index is 10.5. The van der Waals surface area contributed by atoms with Crippen molar-refractivity contribution in [2.24, 2.45) is 0 Å². The summed E-state index contributed by atoms with van der Waals surface area (Å²) in [6, 6.07) is 21.4. The van der Waals surface area contributed by atoms with Crippen LogP contribution in [-0.4, -0.2) is 34.2 Å². The molecule has 0 aliphatic carbocycles. The van der Waals surface area contributed by atoms with Crippen LogP contribution in [0.15, 0.2) is 60.7 Å². The van der Waals surface area contributed by atoms with Crippen LogP contribution in [0.4, 0.5) is 0 Å². The zero-order valence-electron chi connectivity index (χ0n) is 24.6. The topological polar surface area (TPSA) is 29.5 Å². The Bertz CT molecular complexity index is 1020. The van der Waals surface area contributed by atoms with Crippen LogP contribution in [0.1, 0.15) is 75.2 Å². The molecule has 0 bridgehead atoms. The number of benzene rings is 2. The monoisotopic (exact) mass is 532 g/mol. The fraction of sp³-hybridized carbons (Fsp3) is 0.515. The average Bonchev–Trinajstić information content (AvgIpc) is 2.83. The van der Waals surface area contributed by atoms with E-state index in [2.05, 4.69) is 146 Å².